The number of aromatic nitrogens is 1. The number of hydrogen-bond acceptors (Lipinski definition) is 3. The lowest BCUT2D eigenvalue weighted by Crippen LogP contribution is -2.22. The molecule has 0 saturated heterocycles. The second kappa shape index (κ2) is 5.78. The zero-order valence-electron chi connectivity index (χ0n) is 9.98. The SMILES string of the molecule is Cc1csc(CC(O)C2CCCCCC2)n1. The van der Waals surface area contributed by atoms with Gasteiger partial charge in [-0.15, -0.1) is 11.3 Å². The number of aliphatic hydroxyl groups is 1. The Morgan fingerprint density at radius 1 is 1.38 bits per heavy atom. The maximum Gasteiger partial charge on any atom is 0.0954 e. The van der Waals surface area contributed by atoms with Crippen molar-refractivity contribution in [3.63, 3.8) is 0 Å². The number of aliphatic hydroxyl groups excluding tert-OH is 1. The average molecular weight is 239 g/mol. The van der Waals surface area contributed by atoms with E-state index in [4.69, 9.17) is 0 Å². The minimum atomic E-state index is -0.177. The molecule has 1 aliphatic rings. The molecule has 3 heteroatoms. The van der Waals surface area contributed by atoms with Gasteiger partial charge in [0.2, 0.25) is 0 Å². The van der Waals surface area contributed by atoms with Gasteiger partial charge in [-0.3, -0.25) is 0 Å². The number of thiazole rings is 1. The number of hydrogen-bond donors (Lipinski definition) is 1. The van der Waals surface area contributed by atoms with E-state index >= 15 is 0 Å². The van der Waals surface area contributed by atoms with Gasteiger partial charge >= 0.3 is 0 Å². The molecule has 0 amide bonds. The molecule has 1 aromatic rings. The largest absolute Gasteiger partial charge is 0.392 e. The molecule has 1 N–H and O–H groups in total. The van der Waals surface area contributed by atoms with Crippen molar-refractivity contribution in [2.75, 3.05) is 0 Å². The maximum absolute atomic E-state index is 10.2. The zero-order chi connectivity index (χ0) is 11.4. The fourth-order valence-corrected chi connectivity index (χ4v) is 3.36. The fraction of sp³-hybridized carbons (Fsp3) is 0.769. The Kier molecular flexibility index (Phi) is 4.36. The third-order valence-corrected chi connectivity index (χ3v) is 4.48. The summed E-state index contributed by atoms with van der Waals surface area (Å²) < 4.78 is 0. The highest BCUT2D eigenvalue weighted by Crippen LogP contribution is 2.27. The fourth-order valence-electron chi connectivity index (χ4n) is 2.54. The van der Waals surface area contributed by atoms with Crippen LogP contribution < -0.4 is 0 Å². The minimum absolute atomic E-state index is 0.177. The Morgan fingerprint density at radius 2 is 2.06 bits per heavy atom. The summed E-state index contributed by atoms with van der Waals surface area (Å²) in [6.45, 7) is 2.01. The van der Waals surface area contributed by atoms with E-state index in [1.165, 1.54) is 38.5 Å². The molecule has 1 saturated carbocycles. The molecule has 0 radical (unpaired) electrons. The molecule has 0 aliphatic heterocycles. The Hall–Kier alpha value is -0.410. The molecule has 0 spiro atoms. The number of aryl methyl sites for hydroxylation is 1. The first-order valence-electron chi connectivity index (χ1n) is 6.35. The molecule has 2 nitrogen and oxygen atoms in total. The smallest absolute Gasteiger partial charge is 0.0954 e. The lowest BCUT2D eigenvalue weighted by atomic mass is 9.92. The first-order chi connectivity index (χ1) is 7.75. The normalized spacial score (nSPS) is 20.6. The molecule has 90 valence electrons. The van der Waals surface area contributed by atoms with Gasteiger partial charge in [-0.1, -0.05) is 25.7 Å². The van der Waals surface area contributed by atoms with Crippen molar-refractivity contribution in [2.24, 2.45) is 5.92 Å². The van der Waals surface area contributed by atoms with Crippen LogP contribution in [-0.2, 0) is 6.42 Å². The minimum Gasteiger partial charge on any atom is -0.392 e. The Labute approximate surface area is 102 Å². The van der Waals surface area contributed by atoms with Gasteiger partial charge in [-0.05, 0) is 25.7 Å². The number of nitrogens with zero attached hydrogens (tertiary/aromatic N) is 1. The van der Waals surface area contributed by atoms with E-state index in [-0.39, 0.29) is 6.10 Å². The topological polar surface area (TPSA) is 33.1 Å². The zero-order valence-corrected chi connectivity index (χ0v) is 10.8. The molecule has 1 aromatic heterocycles. The first kappa shape index (κ1) is 12.1. The molecular formula is C13H21NOS. The van der Waals surface area contributed by atoms with Crippen molar-refractivity contribution in [1.82, 2.24) is 4.98 Å². The van der Waals surface area contributed by atoms with Crippen molar-refractivity contribution in [3.8, 4) is 0 Å². The summed E-state index contributed by atoms with van der Waals surface area (Å²) in [6, 6.07) is 0. The Balaban J connectivity index is 1.88. The molecule has 1 atom stereocenters. The van der Waals surface area contributed by atoms with Gasteiger partial charge in [0, 0.05) is 17.5 Å². The quantitative estimate of drug-likeness (QED) is 0.821. The van der Waals surface area contributed by atoms with Gasteiger partial charge in [0.05, 0.1) is 11.1 Å². The van der Waals surface area contributed by atoms with Crippen LogP contribution in [-0.4, -0.2) is 16.2 Å². The van der Waals surface area contributed by atoms with Crippen LogP contribution in [0.5, 0.6) is 0 Å². The second-order valence-corrected chi connectivity index (χ2v) is 5.85. The van der Waals surface area contributed by atoms with E-state index < -0.39 is 0 Å². The summed E-state index contributed by atoms with van der Waals surface area (Å²) in [4.78, 5) is 4.43. The van der Waals surface area contributed by atoms with E-state index in [0.29, 0.717) is 5.92 Å². The van der Waals surface area contributed by atoms with Crippen LogP contribution in [0.1, 0.15) is 49.2 Å². The standard InChI is InChI=1S/C13H21NOS/c1-10-9-16-13(14-10)8-12(15)11-6-4-2-3-5-7-11/h9,11-12,15H,2-8H2,1H3. The average Bonchev–Trinajstić information content (AvgIpc) is 2.56. The molecule has 0 bridgehead atoms. The Bertz CT molecular complexity index is 315. The lowest BCUT2D eigenvalue weighted by molar-refractivity contribution is 0.0985. The van der Waals surface area contributed by atoms with Crippen molar-refractivity contribution in [2.45, 2.75) is 58.0 Å². The second-order valence-electron chi connectivity index (χ2n) is 4.91. The van der Waals surface area contributed by atoms with Gasteiger partial charge < -0.3 is 5.11 Å². The monoisotopic (exact) mass is 239 g/mol. The summed E-state index contributed by atoms with van der Waals surface area (Å²) in [7, 11) is 0. The molecular weight excluding hydrogens is 218 g/mol. The molecule has 1 fully saturated rings. The summed E-state index contributed by atoms with van der Waals surface area (Å²) in [5, 5.41) is 13.4. The summed E-state index contributed by atoms with van der Waals surface area (Å²) in [6.07, 6.45) is 8.25. The van der Waals surface area contributed by atoms with E-state index in [0.717, 1.165) is 17.1 Å². The van der Waals surface area contributed by atoms with Crippen molar-refractivity contribution < 1.29 is 5.11 Å². The molecule has 0 aromatic carbocycles. The van der Waals surface area contributed by atoms with Gasteiger partial charge in [0.1, 0.15) is 0 Å². The summed E-state index contributed by atoms with van der Waals surface area (Å²) >= 11 is 1.68. The van der Waals surface area contributed by atoms with E-state index in [9.17, 15) is 5.11 Å². The van der Waals surface area contributed by atoms with Crippen molar-refractivity contribution in [3.05, 3.63) is 16.1 Å². The van der Waals surface area contributed by atoms with Crippen molar-refractivity contribution in [1.29, 1.82) is 0 Å². The molecule has 2 rings (SSSR count). The van der Waals surface area contributed by atoms with E-state index in [1.807, 2.05) is 6.92 Å². The van der Waals surface area contributed by atoms with Crippen LogP contribution >= 0.6 is 11.3 Å². The predicted molar refractivity (Wildman–Crippen MR) is 67.8 cm³/mol. The Morgan fingerprint density at radius 3 is 2.62 bits per heavy atom. The third-order valence-electron chi connectivity index (χ3n) is 3.49. The first-order valence-corrected chi connectivity index (χ1v) is 7.23. The predicted octanol–water partition coefficient (Wildman–Crippen LogP) is 3.33. The van der Waals surface area contributed by atoms with E-state index in [2.05, 4.69) is 10.4 Å². The van der Waals surface area contributed by atoms with Gasteiger partial charge in [-0.25, -0.2) is 4.98 Å². The molecule has 1 unspecified atom stereocenters. The third kappa shape index (κ3) is 3.29. The van der Waals surface area contributed by atoms with Crippen LogP contribution in [0.4, 0.5) is 0 Å². The van der Waals surface area contributed by atoms with Crippen LogP contribution in [0.3, 0.4) is 0 Å². The van der Waals surface area contributed by atoms with Crippen LogP contribution in [0, 0.1) is 12.8 Å². The molecule has 1 heterocycles. The molecule has 1 aliphatic carbocycles. The lowest BCUT2D eigenvalue weighted by Gasteiger charge is -2.20. The van der Waals surface area contributed by atoms with Gasteiger partial charge in [0.25, 0.3) is 0 Å². The highest BCUT2D eigenvalue weighted by atomic mass is 32.1. The highest BCUT2D eigenvalue weighted by molar-refractivity contribution is 7.09. The van der Waals surface area contributed by atoms with Gasteiger partial charge in [0.15, 0.2) is 0 Å². The number of rotatable bonds is 3. The maximum atomic E-state index is 10.2. The molecule has 16 heavy (non-hydrogen) atoms. The van der Waals surface area contributed by atoms with Crippen LogP contribution in [0.2, 0.25) is 0 Å². The van der Waals surface area contributed by atoms with Gasteiger partial charge in [-0.2, -0.15) is 0 Å². The van der Waals surface area contributed by atoms with Crippen LogP contribution in [0.15, 0.2) is 5.38 Å². The van der Waals surface area contributed by atoms with E-state index in [1.54, 1.807) is 11.3 Å². The van der Waals surface area contributed by atoms with Crippen LogP contribution in [0.25, 0.3) is 0 Å². The summed E-state index contributed by atoms with van der Waals surface area (Å²) in [5.41, 5.74) is 1.08. The highest BCUT2D eigenvalue weighted by Gasteiger charge is 2.21. The van der Waals surface area contributed by atoms with Crippen molar-refractivity contribution >= 4 is 11.3 Å². The summed E-state index contributed by atoms with van der Waals surface area (Å²) in [5.74, 6) is 0.506.